The molecule has 0 aromatic heterocycles. The van der Waals surface area contributed by atoms with E-state index in [0.717, 1.165) is 69.6 Å². The van der Waals surface area contributed by atoms with Crippen molar-refractivity contribution in [3.63, 3.8) is 0 Å². The van der Waals surface area contributed by atoms with Gasteiger partial charge in [0.1, 0.15) is 13.2 Å². The summed E-state index contributed by atoms with van der Waals surface area (Å²) in [6.07, 6.45) is 56.7. The molecule has 0 unspecified atom stereocenters. The van der Waals surface area contributed by atoms with E-state index in [0.29, 0.717) is 19.3 Å². The number of ether oxygens (including phenoxy) is 3. The van der Waals surface area contributed by atoms with Gasteiger partial charge in [0, 0.05) is 19.3 Å². The van der Waals surface area contributed by atoms with Gasteiger partial charge in [-0.3, -0.25) is 14.4 Å². The summed E-state index contributed by atoms with van der Waals surface area (Å²) in [6.45, 7) is 11.4. The number of carbonyl (C=O) groups excluding carboxylic acids is 3. The Bertz CT molecular complexity index is 1010. The summed E-state index contributed by atoms with van der Waals surface area (Å²) in [7, 11) is 0. The van der Waals surface area contributed by atoms with Crippen LogP contribution in [0.3, 0.4) is 0 Å². The number of hydrogen-bond donors (Lipinski definition) is 0. The highest BCUT2D eigenvalue weighted by molar-refractivity contribution is 5.71. The molecule has 0 rings (SSSR count). The number of carbonyl (C=O) groups is 3. The Balaban J connectivity index is 4.28. The first kappa shape index (κ1) is 64.4. The van der Waals surface area contributed by atoms with Gasteiger partial charge >= 0.3 is 17.9 Å². The first-order chi connectivity index (χ1) is 32.2. The average Bonchev–Trinajstić information content (AvgIpc) is 3.29. The van der Waals surface area contributed by atoms with Crippen molar-refractivity contribution in [3.05, 3.63) is 0 Å². The molecule has 6 nitrogen and oxygen atoms in total. The summed E-state index contributed by atoms with van der Waals surface area (Å²) < 4.78 is 16.9. The smallest absolute Gasteiger partial charge is 0.306 e. The molecular formula is C60H116O6. The SMILES string of the molecule is CCCCCCCCCCCCCCCCCC(=O)O[C@@H](COC(=O)CCCCCCCCCCCCCCCCCCC(C)C)COC(=O)CCCCCCCCCCCCCC(C)C. The second-order valence-electron chi connectivity index (χ2n) is 21.6. The molecule has 0 heterocycles. The molecule has 6 heteroatoms. The Morgan fingerprint density at radius 1 is 0.288 bits per heavy atom. The molecule has 0 aromatic rings. The van der Waals surface area contributed by atoms with Crippen LogP contribution in [0.1, 0.15) is 336 Å². The second-order valence-corrected chi connectivity index (χ2v) is 21.6. The summed E-state index contributed by atoms with van der Waals surface area (Å²) in [5.41, 5.74) is 0. The molecule has 0 spiro atoms. The molecule has 66 heavy (non-hydrogen) atoms. The quantitative estimate of drug-likeness (QED) is 0.0343. The summed E-state index contributed by atoms with van der Waals surface area (Å²) in [6, 6.07) is 0. The molecule has 0 fully saturated rings. The molecule has 0 amide bonds. The van der Waals surface area contributed by atoms with Crippen LogP contribution in [0.15, 0.2) is 0 Å². The van der Waals surface area contributed by atoms with Gasteiger partial charge in [-0.05, 0) is 31.1 Å². The van der Waals surface area contributed by atoms with Crippen LogP contribution in [0.25, 0.3) is 0 Å². The highest BCUT2D eigenvalue weighted by Crippen LogP contribution is 2.18. The van der Waals surface area contributed by atoms with E-state index >= 15 is 0 Å². The lowest BCUT2D eigenvalue weighted by molar-refractivity contribution is -0.167. The predicted molar refractivity (Wildman–Crippen MR) is 284 cm³/mol. The van der Waals surface area contributed by atoms with E-state index < -0.39 is 6.10 Å². The monoisotopic (exact) mass is 933 g/mol. The summed E-state index contributed by atoms with van der Waals surface area (Å²) in [5, 5.41) is 0. The van der Waals surface area contributed by atoms with Gasteiger partial charge in [0.05, 0.1) is 0 Å². The van der Waals surface area contributed by atoms with Gasteiger partial charge in [-0.15, -0.1) is 0 Å². The van der Waals surface area contributed by atoms with E-state index in [1.165, 1.54) is 225 Å². The van der Waals surface area contributed by atoms with Crippen LogP contribution in [0, 0.1) is 11.8 Å². The Hall–Kier alpha value is -1.59. The molecule has 0 radical (unpaired) electrons. The summed E-state index contributed by atoms with van der Waals surface area (Å²) in [5.74, 6) is 0.843. The van der Waals surface area contributed by atoms with Crippen molar-refractivity contribution in [2.24, 2.45) is 11.8 Å². The Kier molecular flexibility index (Phi) is 51.5. The molecule has 0 aliphatic rings. The largest absolute Gasteiger partial charge is 0.462 e. The summed E-state index contributed by atoms with van der Waals surface area (Å²) in [4.78, 5) is 38.2. The molecule has 0 saturated heterocycles. The van der Waals surface area contributed by atoms with Gasteiger partial charge in [0.25, 0.3) is 0 Å². The fraction of sp³-hybridized carbons (Fsp3) is 0.950. The molecule has 0 aliphatic heterocycles. The van der Waals surface area contributed by atoms with Gasteiger partial charge < -0.3 is 14.2 Å². The lowest BCUT2D eigenvalue weighted by Gasteiger charge is -2.18. The number of rotatable bonds is 54. The van der Waals surface area contributed by atoms with Crippen LogP contribution in [-0.4, -0.2) is 37.2 Å². The number of unbranched alkanes of at least 4 members (excludes halogenated alkanes) is 39. The lowest BCUT2D eigenvalue weighted by Crippen LogP contribution is -2.30. The highest BCUT2D eigenvalue weighted by Gasteiger charge is 2.19. The first-order valence-corrected chi connectivity index (χ1v) is 29.7. The number of hydrogen-bond acceptors (Lipinski definition) is 6. The molecule has 0 bridgehead atoms. The van der Waals surface area contributed by atoms with Gasteiger partial charge in [0.15, 0.2) is 6.10 Å². The van der Waals surface area contributed by atoms with E-state index in [2.05, 4.69) is 34.6 Å². The fourth-order valence-electron chi connectivity index (χ4n) is 9.23. The minimum absolute atomic E-state index is 0.0624. The van der Waals surface area contributed by atoms with Crippen molar-refractivity contribution in [2.45, 2.75) is 343 Å². The number of esters is 3. The molecule has 0 saturated carbocycles. The van der Waals surface area contributed by atoms with E-state index in [9.17, 15) is 14.4 Å². The van der Waals surface area contributed by atoms with Gasteiger partial charge in [-0.1, -0.05) is 298 Å². The zero-order valence-electron chi connectivity index (χ0n) is 45.3. The standard InChI is InChI=1S/C60H116O6/c1-6-7-8-9-10-11-12-13-16-21-26-32-37-42-47-52-60(63)66-57(54-65-59(62)51-46-41-36-31-27-22-24-29-34-39-44-49-56(4)5)53-64-58(61)50-45-40-35-30-25-20-18-15-14-17-19-23-28-33-38-43-48-55(2)3/h55-57H,6-54H2,1-5H3/t57-/m0/s1. The van der Waals surface area contributed by atoms with Gasteiger partial charge in [-0.25, -0.2) is 0 Å². The molecular weight excluding hydrogens is 817 g/mol. The van der Waals surface area contributed by atoms with Crippen molar-refractivity contribution in [2.75, 3.05) is 13.2 Å². The second kappa shape index (κ2) is 52.8. The van der Waals surface area contributed by atoms with Crippen LogP contribution in [0.2, 0.25) is 0 Å². The van der Waals surface area contributed by atoms with E-state index in [-0.39, 0.29) is 31.1 Å². The van der Waals surface area contributed by atoms with Crippen LogP contribution >= 0.6 is 0 Å². The lowest BCUT2D eigenvalue weighted by atomic mass is 10.0. The average molecular weight is 934 g/mol. The van der Waals surface area contributed by atoms with Gasteiger partial charge in [0.2, 0.25) is 0 Å². The van der Waals surface area contributed by atoms with Crippen LogP contribution in [-0.2, 0) is 28.6 Å². The molecule has 0 N–H and O–H groups in total. The topological polar surface area (TPSA) is 78.9 Å². The fourth-order valence-corrected chi connectivity index (χ4v) is 9.23. The van der Waals surface area contributed by atoms with E-state index in [1.54, 1.807) is 0 Å². The third kappa shape index (κ3) is 53.4. The Labute approximate surface area is 412 Å². The third-order valence-electron chi connectivity index (χ3n) is 13.7. The normalized spacial score (nSPS) is 12.0. The van der Waals surface area contributed by atoms with Crippen molar-refractivity contribution in [1.29, 1.82) is 0 Å². The molecule has 1 atom stereocenters. The van der Waals surface area contributed by atoms with Crippen molar-refractivity contribution < 1.29 is 28.6 Å². The van der Waals surface area contributed by atoms with Gasteiger partial charge in [-0.2, -0.15) is 0 Å². The maximum absolute atomic E-state index is 12.9. The Morgan fingerprint density at radius 2 is 0.500 bits per heavy atom. The minimum atomic E-state index is -0.763. The summed E-state index contributed by atoms with van der Waals surface area (Å²) >= 11 is 0. The maximum Gasteiger partial charge on any atom is 0.306 e. The van der Waals surface area contributed by atoms with Crippen LogP contribution < -0.4 is 0 Å². The first-order valence-electron chi connectivity index (χ1n) is 29.7. The van der Waals surface area contributed by atoms with E-state index in [4.69, 9.17) is 14.2 Å². The van der Waals surface area contributed by atoms with Crippen molar-refractivity contribution in [1.82, 2.24) is 0 Å². The highest BCUT2D eigenvalue weighted by atomic mass is 16.6. The Morgan fingerprint density at radius 3 is 0.742 bits per heavy atom. The van der Waals surface area contributed by atoms with Crippen molar-refractivity contribution in [3.8, 4) is 0 Å². The minimum Gasteiger partial charge on any atom is -0.462 e. The zero-order chi connectivity index (χ0) is 48.2. The van der Waals surface area contributed by atoms with Crippen LogP contribution in [0.4, 0.5) is 0 Å². The van der Waals surface area contributed by atoms with Crippen molar-refractivity contribution >= 4 is 17.9 Å². The third-order valence-corrected chi connectivity index (χ3v) is 13.7. The molecule has 0 aromatic carbocycles. The van der Waals surface area contributed by atoms with Crippen LogP contribution in [0.5, 0.6) is 0 Å². The molecule has 0 aliphatic carbocycles. The van der Waals surface area contributed by atoms with E-state index in [1.807, 2.05) is 0 Å². The maximum atomic E-state index is 12.9. The zero-order valence-corrected chi connectivity index (χ0v) is 45.3. The predicted octanol–water partition coefficient (Wildman–Crippen LogP) is 19.7. The molecule has 392 valence electrons.